The molecule has 2 aromatic heterocycles. The summed E-state index contributed by atoms with van der Waals surface area (Å²) in [5.74, 6) is -1.36. The molecule has 0 unspecified atom stereocenters. The van der Waals surface area contributed by atoms with Crippen LogP contribution in [0.4, 0.5) is 5.13 Å². The zero-order valence-corrected chi connectivity index (χ0v) is 11.3. The molecule has 1 amide bonds. The van der Waals surface area contributed by atoms with E-state index in [4.69, 9.17) is 5.11 Å². The summed E-state index contributed by atoms with van der Waals surface area (Å²) in [4.78, 5) is 28.0. The lowest BCUT2D eigenvalue weighted by Crippen LogP contribution is -2.20. The molecule has 0 saturated heterocycles. The predicted molar refractivity (Wildman–Crippen MR) is 71.6 cm³/mol. The molecule has 0 saturated carbocycles. The maximum Gasteiger partial charge on any atom is 0.352 e. The van der Waals surface area contributed by atoms with Gasteiger partial charge in [0, 0.05) is 11.1 Å². The number of hydrogen-bond acceptors (Lipinski definition) is 4. The van der Waals surface area contributed by atoms with Crippen molar-refractivity contribution in [3.63, 3.8) is 0 Å². The Morgan fingerprint density at radius 2 is 2.21 bits per heavy atom. The zero-order chi connectivity index (χ0) is 14.0. The van der Waals surface area contributed by atoms with E-state index in [1.165, 1.54) is 22.0 Å². The lowest BCUT2D eigenvalue weighted by atomic mass is 10.4. The molecule has 2 aromatic rings. The number of rotatable bonds is 4. The van der Waals surface area contributed by atoms with E-state index in [0.29, 0.717) is 5.13 Å². The summed E-state index contributed by atoms with van der Waals surface area (Å²) in [7, 11) is 0. The first kappa shape index (κ1) is 13.3. The van der Waals surface area contributed by atoms with E-state index in [0.717, 1.165) is 10.6 Å². The normalized spacial score (nSPS) is 10.4. The van der Waals surface area contributed by atoms with Crippen molar-refractivity contribution in [3.05, 3.63) is 34.6 Å². The highest BCUT2D eigenvalue weighted by atomic mass is 32.1. The van der Waals surface area contributed by atoms with E-state index in [1.807, 2.05) is 13.8 Å². The van der Waals surface area contributed by atoms with Gasteiger partial charge < -0.3 is 15.0 Å². The number of aromatic carboxylic acids is 1. The van der Waals surface area contributed by atoms with Crippen molar-refractivity contribution in [2.75, 3.05) is 5.32 Å². The predicted octanol–water partition coefficient (Wildman–Crippen LogP) is 1.90. The molecule has 0 aromatic carbocycles. The Morgan fingerprint density at radius 1 is 1.47 bits per heavy atom. The van der Waals surface area contributed by atoms with Gasteiger partial charge in [0.2, 0.25) is 5.91 Å². The molecule has 2 heterocycles. The van der Waals surface area contributed by atoms with Crippen LogP contribution >= 0.6 is 11.3 Å². The Balaban J connectivity index is 2.05. The SMILES string of the molecule is Cc1nc(NC(=O)Cn2cccc2C(=O)O)sc1C. The Labute approximate surface area is 113 Å². The van der Waals surface area contributed by atoms with Gasteiger partial charge in [0.25, 0.3) is 0 Å². The molecular formula is C12H13N3O3S. The molecule has 0 aliphatic heterocycles. The zero-order valence-electron chi connectivity index (χ0n) is 10.5. The lowest BCUT2D eigenvalue weighted by molar-refractivity contribution is -0.116. The summed E-state index contributed by atoms with van der Waals surface area (Å²) in [5.41, 5.74) is 0.967. The fraction of sp³-hybridized carbons (Fsp3) is 0.250. The lowest BCUT2D eigenvalue weighted by Gasteiger charge is -2.05. The van der Waals surface area contributed by atoms with E-state index in [2.05, 4.69) is 10.3 Å². The molecule has 19 heavy (non-hydrogen) atoms. The summed E-state index contributed by atoms with van der Waals surface area (Å²) in [6, 6.07) is 3.04. The van der Waals surface area contributed by atoms with Crippen LogP contribution in [0.2, 0.25) is 0 Å². The van der Waals surface area contributed by atoms with E-state index < -0.39 is 5.97 Å². The highest BCUT2D eigenvalue weighted by molar-refractivity contribution is 7.15. The molecule has 0 radical (unpaired) electrons. The Morgan fingerprint density at radius 3 is 2.79 bits per heavy atom. The number of nitrogens with one attached hydrogen (secondary N) is 1. The van der Waals surface area contributed by atoms with Gasteiger partial charge in [0.15, 0.2) is 5.13 Å². The molecule has 2 N–H and O–H groups in total. The van der Waals surface area contributed by atoms with Crippen molar-refractivity contribution in [3.8, 4) is 0 Å². The summed E-state index contributed by atoms with van der Waals surface area (Å²) in [5, 5.41) is 12.1. The van der Waals surface area contributed by atoms with E-state index in [9.17, 15) is 9.59 Å². The molecular weight excluding hydrogens is 266 g/mol. The van der Waals surface area contributed by atoms with Crippen LogP contribution in [-0.2, 0) is 11.3 Å². The third kappa shape index (κ3) is 3.00. The number of hydrogen-bond donors (Lipinski definition) is 2. The second kappa shape index (κ2) is 5.23. The maximum absolute atomic E-state index is 11.8. The molecule has 0 fully saturated rings. The highest BCUT2D eigenvalue weighted by Crippen LogP contribution is 2.21. The van der Waals surface area contributed by atoms with Gasteiger partial charge in [-0.05, 0) is 26.0 Å². The van der Waals surface area contributed by atoms with E-state index >= 15 is 0 Å². The van der Waals surface area contributed by atoms with Crippen LogP contribution in [0.1, 0.15) is 21.1 Å². The minimum Gasteiger partial charge on any atom is -0.477 e. The van der Waals surface area contributed by atoms with Crippen LogP contribution < -0.4 is 5.32 Å². The van der Waals surface area contributed by atoms with Crippen molar-refractivity contribution in [1.82, 2.24) is 9.55 Å². The average Bonchev–Trinajstić information content (AvgIpc) is 2.87. The number of carbonyl (C=O) groups excluding carboxylic acids is 1. The molecule has 2 rings (SSSR count). The minimum atomic E-state index is -1.06. The fourth-order valence-corrected chi connectivity index (χ4v) is 2.42. The number of carboxylic acids is 1. The molecule has 100 valence electrons. The molecule has 7 heteroatoms. The number of amides is 1. The molecule has 0 atom stereocenters. The number of aromatic nitrogens is 2. The van der Waals surface area contributed by atoms with Gasteiger partial charge in [-0.2, -0.15) is 0 Å². The van der Waals surface area contributed by atoms with Crippen molar-refractivity contribution < 1.29 is 14.7 Å². The first-order valence-corrected chi connectivity index (χ1v) is 6.41. The summed E-state index contributed by atoms with van der Waals surface area (Å²) >= 11 is 1.40. The largest absolute Gasteiger partial charge is 0.477 e. The molecule has 6 nitrogen and oxygen atoms in total. The van der Waals surface area contributed by atoms with Crippen molar-refractivity contribution >= 4 is 28.3 Å². The highest BCUT2D eigenvalue weighted by Gasteiger charge is 2.13. The second-order valence-electron chi connectivity index (χ2n) is 4.04. The van der Waals surface area contributed by atoms with Crippen LogP contribution in [0.3, 0.4) is 0 Å². The Kier molecular flexibility index (Phi) is 3.66. The van der Waals surface area contributed by atoms with Crippen molar-refractivity contribution in [2.45, 2.75) is 20.4 Å². The third-order valence-electron chi connectivity index (χ3n) is 2.64. The van der Waals surface area contributed by atoms with Crippen molar-refractivity contribution in [2.24, 2.45) is 0 Å². The van der Waals surface area contributed by atoms with Gasteiger partial charge in [-0.1, -0.05) is 0 Å². The van der Waals surface area contributed by atoms with Crippen LogP contribution in [0.25, 0.3) is 0 Å². The fourth-order valence-electron chi connectivity index (χ4n) is 1.59. The van der Waals surface area contributed by atoms with Crippen LogP contribution in [-0.4, -0.2) is 26.5 Å². The van der Waals surface area contributed by atoms with Gasteiger partial charge in [0.05, 0.1) is 5.69 Å². The van der Waals surface area contributed by atoms with E-state index in [1.54, 1.807) is 12.3 Å². The first-order valence-electron chi connectivity index (χ1n) is 5.59. The van der Waals surface area contributed by atoms with Crippen LogP contribution in [0.15, 0.2) is 18.3 Å². The topological polar surface area (TPSA) is 84.2 Å². The van der Waals surface area contributed by atoms with Crippen LogP contribution in [0.5, 0.6) is 0 Å². The summed E-state index contributed by atoms with van der Waals surface area (Å²) < 4.78 is 1.38. The Hall–Kier alpha value is -2.15. The number of aryl methyl sites for hydroxylation is 2. The maximum atomic E-state index is 11.8. The number of carbonyl (C=O) groups is 2. The number of thiazole rings is 1. The van der Waals surface area contributed by atoms with Gasteiger partial charge >= 0.3 is 5.97 Å². The van der Waals surface area contributed by atoms with Crippen LogP contribution in [0, 0.1) is 13.8 Å². The standard InChI is InChI=1S/C12H13N3O3S/c1-7-8(2)19-12(13-7)14-10(16)6-15-5-3-4-9(15)11(17)18/h3-5H,6H2,1-2H3,(H,17,18)(H,13,14,16). The number of anilines is 1. The molecule has 0 spiro atoms. The van der Waals surface area contributed by atoms with Gasteiger partial charge in [-0.3, -0.25) is 4.79 Å². The summed E-state index contributed by atoms with van der Waals surface area (Å²) in [6.45, 7) is 3.75. The second-order valence-corrected chi connectivity index (χ2v) is 5.24. The minimum absolute atomic E-state index is 0.0493. The third-order valence-corrected chi connectivity index (χ3v) is 3.63. The van der Waals surface area contributed by atoms with Gasteiger partial charge in [-0.15, -0.1) is 11.3 Å². The molecule has 0 aliphatic rings. The van der Waals surface area contributed by atoms with E-state index in [-0.39, 0.29) is 18.1 Å². The Bertz CT molecular complexity index is 610. The number of nitrogens with zero attached hydrogens (tertiary/aromatic N) is 2. The first-order chi connectivity index (χ1) is 8.97. The quantitative estimate of drug-likeness (QED) is 0.895. The molecule has 0 bridgehead atoms. The monoisotopic (exact) mass is 279 g/mol. The van der Waals surface area contributed by atoms with Gasteiger partial charge in [0.1, 0.15) is 12.2 Å². The molecule has 0 aliphatic carbocycles. The summed E-state index contributed by atoms with van der Waals surface area (Å²) in [6.07, 6.45) is 1.56. The van der Waals surface area contributed by atoms with Gasteiger partial charge in [-0.25, -0.2) is 9.78 Å². The smallest absolute Gasteiger partial charge is 0.352 e. The van der Waals surface area contributed by atoms with Crippen molar-refractivity contribution in [1.29, 1.82) is 0 Å². The number of carboxylic acid groups (broad SMARTS) is 1. The average molecular weight is 279 g/mol.